The van der Waals surface area contributed by atoms with Crippen LogP contribution in [0.4, 0.5) is 11.5 Å². The highest BCUT2D eigenvalue weighted by Gasteiger charge is 2.27. The number of hydrogen-bond acceptors (Lipinski definition) is 7. The van der Waals surface area contributed by atoms with Gasteiger partial charge in [0.05, 0.1) is 18.3 Å². The number of aromatic nitrogens is 3. The van der Waals surface area contributed by atoms with Gasteiger partial charge in [-0.2, -0.15) is 5.10 Å². The molecule has 1 saturated heterocycles. The fourth-order valence-corrected chi connectivity index (χ4v) is 3.71. The second-order valence-corrected chi connectivity index (χ2v) is 7.04. The molecule has 8 nitrogen and oxygen atoms in total. The van der Waals surface area contributed by atoms with Gasteiger partial charge in [0.1, 0.15) is 11.6 Å². The molecular formula is C19H21ClN6O2. The summed E-state index contributed by atoms with van der Waals surface area (Å²) in [5, 5.41) is 5.81. The molecule has 4 rings (SSSR count). The molecule has 0 saturated carbocycles. The number of methoxy groups -OCH3 is 1. The SMILES string of the molecule is COc1cc(N2CCN(C(C=O)n3ncc4ccc(N)nc43)CC2)ccc1Cl. The summed E-state index contributed by atoms with van der Waals surface area (Å²) in [6.45, 7) is 2.95. The molecule has 3 heterocycles. The van der Waals surface area contributed by atoms with E-state index in [1.54, 1.807) is 24.1 Å². The minimum Gasteiger partial charge on any atom is -0.495 e. The van der Waals surface area contributed by atoms with E-state index in [0.29, 0.717) is 35.3 Å². The van der Waals surface area contributed by atoms with E-state index in [1.165, 1.54) is 0 Å². The number of carbonyl (C=O) groups is 1. The van der Waals surface area contributed by atoms with Crippen LogP contribution in [0.25, 0.3) is 11.0 Å². The lowest BCUT2D eigenvalue weighted by molar-refractivity contribution is -0.115. The van der Waals surface area contributed by atoms with Crippen LogP contribution in [0.3, 0.4) is 0 Å². The molecule has 1 unspecified atom stereocenters. The monoisotopic (exact) mass is 400 g/mol. The zero-order valence-electron chi connectivity index (χ0n) is 15.5. The summed E-state index contributed by atoms with van der Waals surface area (Å²) in [7, 11) is 1.60. The van der Waals surface area contributed by atoms with Crippen molar-refractivity contribution in [3.05, 3.63) is 41.6 Å². The number of nitrogens with zero attached hydrogens (tertiary/aromatic N) is 5. The molecule has 1 aromatic carbocycles. The Morgan fingerprint density at radius 1 is 1.21 bits per heavy atom. The maximum Gasteiger partial charge on any atom is 0.162 e. The smallest absolute Gasteiger partial charge is 0.162 e. The summed E-state index contributed by atoms with van der Waals surface area (Å²) in [4.78, 5) is 20.6. The van der Waals surface area contributed by atoms with E-state index >= 15 is 0 Å². The minimum atomic E-state index is -0.520. The first-order valence-corrected chi connectivity index (χ1v) is 9.36. The molecule has 146 valence electrons. The van der Waals surface area contributed by atoms with Crippen molar-refractivity contribution in [1.82, 2.24) is 19.7 Å². The first-order valence-electron chi connectivity index (χ1n) is 8.98. The molecule has 0 aliphatic carbocycles. The maximum absolute atomic E-state index is 11.9. The minimum absolute atomic E-state index is 0.403. The number of hydrogen-bond donors (Lipinski definition) is 1. The third kappa shape index (κ3) is 3.36. The van der Waals surface area contributed by atoms with Gasteiger partial charge < -0.3 is 15.4 Å². The van der Waals surface area contributed by atoms with Crippen LogP contribution >= 0.6 is 11.6 Å². The highest BCUT2D eigenvalue weighted by Crippen LogP contribution is 2.30. The molecule has 1 fully saturated rings. The van der Waals surface area contributed by atoms with Crippen LogP contribution in [-0.4, -0.2) is 59.2 Å². The Morgan fingerprint density at radius 3 is 2.71 bits per heavy atom. The fourth-order valence-electron chi connectivity index (χ4n) is 3.52. The van der Waals surface area contributed by atoms with E-state index in [4.69, 9.17) is 22.1 Å². The lowest BCUT2D eigenvalue weighted by atomic mass is 10.2. The molecule has 0 spiro atoms. The summed E-state index contributed by atoms with van der Waals surface area (Å²) < 4.78 is 6.95. The maximum atomic E-state index is 11.9. The van der Waals surface area contributed by atoms with Crippen molar-refractivity contribution in [2.24, 2.45) is 0 Å². The Labute approximate surface area is 167 Å². The van der Waals surface area contributed by atoms with Crippen LogP contribution in [0.5, 0.6) is 5.75 Å². The lowest BCUT2D eigenvalue weighted by Crippen LogP contribution is -2.49. The summed E-state index contributed by atoms with van der Waals surface area (Å²) in [5.41, 5.74) is 7.47. The number of benzene rings is 1. The first-order chi connectivity index (χ1) is 13.6. The molecule has 1 aliphatic heterocycles. The predicted octanol–water partition coefficient (Wildman–Crippen LogP) is 2.20. The van der Waals surface area contributed by atoms with E-state index in [9.17, 15) is 4.79 Å². The van der Waals surface area contributed by atoms with Gasteiger partial charge in [-0.25, -0.2) is 9.67 Å². The van der Waals surface area contributed by atoms with E-state index in [2.05, 4.69) is 19.9 Å². The molecule has 3 aromatic rings. The van der Waals surface area contributed by atoms with Gasteiger partial charge in [0.2, 0.25) is 0 Å². The van der Waals surface area contributed by atoms with Gasteiger partial charge in [-0.1, -0.05) is 11.6 Å². The Hall–Kier alpha value is -2.84. The Morgan fingerprint density at radius 2 is 2.00 bits per heavy atom. The Balaban J connectivity index is 1.52. The van der Waals surface area contributed by atoms with Crippen LogP contribution in [0.15, 0.2) is 36.5 Å². The van der Waals surface area contributed by atoms with Crippen molar-refractivity contribution in [1.29, 1.82) is 0 Å². The molecule has 0 bridgehead atoms. The number of pyridine rings is 1. The quantitative estimate of drug-likeness (QED) is 0.656. The van der Waals surface area contributed by atoms with Crippen molar-refractivity contribution >= 4 is 40.4 Å². The van der Waals surface area contributed by atoms with Crippen LogP contribution in [0.1, 0.15) is 6.17 Å². The normalized spacial score (nSPS) is 16.3. The highest BCUT2D eigenvalue weighted by molar-refractivity contribution is 6.32. The number of fused-ring (bicyclic) bond motifs is 1. The first kappa shape index (κ1) is 18.5. The standard InChI is InChI=1S/C19H21ClN6O2/c1-28-16-10-14(3-4-15(16)20)24-6-8-25(9-7-24)18(12-27)26-19-13(11-22-26)2-5-17(21)23-19/h2-5,10-12,18H,6-9H2,1H3,(H2,21,23). The molecule has 2 aromatic heterocycles. The van der Waals surface area contributed by atoms with Gasteiger partial charge in [-0.15, -0.1) is 0 Å². The topological polar surface area (TPSA) is 89.5 Å². The van der Waals surface area contributed by atoms with Gasteiger partial charge in [0, 0.05) is 43.3 Å². The van der Waals surface area contributed by atoms with Gasteiger partial charge >= 0.3 is 0 Å². The number of piperazine rings is 1. The lowest BCUT2D eigenvalue weighted by Gasteiger charge is -2.38. The average molecular weight is 401 g/mol. The van der Waals surface area contributed by atoms with Crippen molar-refractivity contribution in [2.45, 2.75) is 6.17 Å². The Kier molecular flexibility index (Phi) is 5.06. The highest BCUT2D eigenvalue weighted by atomic mass is 35.5. The number of halogens is 1. The largest absolute Gasteiger partial charge is 0.495 e. The number of aldehydes is 1. The average Bonchev–Trinajstić information content (AvgIpc) is 3.12. The third-order valence-electron chi connectivity index (χ3n) is 5.03. The van der Waals surface area contributed by atoms with E-state index in [0.717, 1.165) is 30.4 Å². The van der Waals surface area contributed by atoms with Crippen LogP contribution in [0.2, 0.25) is 5.02 Å². The summed E-state index contributed by atoms with van der Waals surface area (Å²) in [6, 6.07) is 9.33. The molecule has 1 aliphatic rings. The molecule has 1 atom stereocenters. The van der Waals surface area contributed by atoms with Gasteiger partial charge in [-0.3, -0.25) is 9.69 Å². The zero-order chi connectivity index (χ0) is 19.7. The van der Waals surface area contributed by atoms with Crippen molar-refractivity contribution in [3.63, 3.8) is 0 Å². The van der Waals surface area contributed by atoms with Crippen LogP contribution < -0.4 is 15.4 Å². The molecule has 0 radical (unpaired) electrons. The molecule has 0 amide bonds. The number of nitrogens with two attached hydrogens (primary N) is 1. The van der Waals surface area contributed by atoms with E-state index < -0.39 is 6.17 Å². The van der Waals surface area contributed by atoms with E-state index in [1.807, 2.05) is 24.3 Å². The number of carbonyl (C=O) groups excluding carboxylic acids is 1. The summed E-state index contributed by atoms with van der Waals surface area (Å²) in [6.07, 6.45) is 2.08. The zero-order valence-corrected chi connectivity index (χ0v) is 16.2. The molecule has 9 heteroatoms. The van der Waals surface area contributed by atoms with Gasteiger partial charge in [0.25, 0.3) is 0 Å². The predicted molar refractivity (Wildman–Crippen MR) is 109 cm³/mol. The number of ether oxygens (including phenoxy) is 1. The fraction of sp³-hybridized carbons (Fsp3) is 0.316. The van der Waals surface area contributed by atoms with E-state index in [-0.39, 0.29) is 0 Å². The van der Waals surface area contributed by atoms with Crippen molar-refractivity contribution in [2.75, 3.05) is 43.9 Å². The molecular weight excluding hydrogens is 380 g/mol. The number of nitrogen functional groups attached to an aromatic ring is 1. The van der Waals surface area contributed by atoms with Crippen molar-refractivity contribution in [3.8, 4) is 5.75 Å². The van der Waals surface area contributed by atoms with Gasteiger partial charge in [-0.05, 0) is 24.3 Å². The van der Waals surface area contributed by atoms with Crippen LogP contribution in [0, 0.1) is 0 Å². The molecule has 2 N–H and O–H groups in total. The number of rotatable bonds is 5. The molecule has 28 heavy (non-hydrogen) atoms. The summed E-state index contributed by atoms with van der Waals surface area (Å²) >= 11 is 6.12. The van der Waals surface area contributed by atoms with Crippen molar-refractivity contribution < 1.29 is 9.53 Å². The second-order valence-electron chi connectivity index (χ2n) is 6.63. The number of anilines is 2. The van der Waals surface area contributed by atoms with Gasteiger partial charge in [0.15, 0.2) is 18.1 Å². The van der Waals surface area contributed by atoms with Crippen LogP contribution in [-0.2, 0) is 4.79 Å². The Bertz CT molecular complexity index is 999. The third-order valence-corrected chi connectivity index (χ3v) is 5.34. The second kappa shape index (κ2) is 7.65. The summed E-state index contributed by atoms with van der Waals surface area (Å²) in [5.74, 6) is 1.06.